The van der Waals surface area contributed by atoms with Gasteiger partial charge in [-0.05, 0) is 37.3 Å². The number of thiazole rings is 1. The summed E-state index contributed by atoms with van der Waals surface area (Å²) in [5, 5.41) is 5.81. The number of hydrogen-bond acceptors (Lipinski definition) is 4. The van der Waals surface area contributed by atoms with Crippen LogP contribution in [0, 0.1) is 18.8 Å². The van der Waals surface area contributed by atoms with Gasteiger partial charge in [-0.3, -0.25) is 9.59 Å². The Morgan fingerprint density at radius 1 is 1.12 bits per heavy atom. The highest BCUT2D eigenvalue weighted by atomic mass is 32.1. The van der Waals surface area contributed by atoms with Crippen molar-refractivity contribution in [2.75, 3.05) is 18.4 Å². The van der Waals surface area contributed by atoms with Crippen molar-refractivity contribution < 1.29 is 9.59 Å². The minimum absolute atomic E-state index is 0.0956. The van der Waals surface area contributed by atoms with Crippen LogP contribution in [0.1, 0.15) is 53.2 Å². The maximum Gasteiger partial charge on any atom is 0.298 e. The van der Waals surface area contributed by atoms with Crippen LogP contribution in [-0.4, -0.2) is 34.8 Å². The van der Waals surface area contributed by atoms with Crippen LogP contribution in [0.25, 0.3) is 11.1 Å². The zero-order chi connectivity index (χ0) is 23.2. The zero-order valence-electron chi connectivity index (χ0n) is 18.9. The molecule has 0 bridgehead atoms. The Balaban J connectivity index is 1.42. The summed E-state index contributed by atoms with van der Waals surface area (Å²) < 4.78 is 0. The minimum atomic E-state index is -0.209. The molecular formula is C27H27N3O2S. The smallest absolute Gasteiger partial charge is 0.298 e. The Hall–Kier alpha value is -3.43. The van der Waals surface area contributed by atoms with Crippen LogP contribution in [0.15, 0.2) is 53.9 Å². The summed E-state index contributed by atoms with van der Waals surface area (Å²) in [5.74, 6) is 5.49. The summed E-state index contributed by atoms with van der Waals surface area (Å²) in [7, 11) is 0. The largest absolute Gasteiger partial charge is 0.332 e. The van der Waals surface area contributed by atoms with E-state index in [0.717, 1.165) is 34.7 Å². The molecule has 33 heavy (non-hydrogen) atoms. The normalized spacial score (nSPS) is 13.8. The third-order valence-corrected chi connectivity index (χ3v) is 6.80. The van der Waals surface area contributed by atoms with Crippen molar-refractivity contribution >= 4 is 28.8 Å². The minimum Gasteiger partial charge on any atom is -0.332 e. The van der Waals surface area contributed by atoms with Gasteiger partial charge in [0.1, 0.15) is 5.69 Å². The highest BCUT2D eigenvalue weighted by Gasteiger charge is 2.26. The van der Waals surface area contributed by atoms with Crippen LogP contribution in [-0.2, 0) is 4.79 Å². The van der Waals surface area contributed by atoms with E-state index >= 15 is 0 Å². The summed E-state index contributed by atoms with van der Waals surface area (Å²) in [4.78, 5) is 31.5. The molecule has 2 heterocycles. The lowest BCUT2D eigenvalue weighted by Gasteiger charge is -2.29. The van der Waals surface area contributed by atoms with Crippen molar-refractivity contribution in [3.8, 4) is 23.0 Å². The molecule has 1 fully saturated rings. The Bertz CT molecular complexity index is 1200. The average molecular weight is 458 g/mol. The maximum absolute atomic E-state index is 13.0. The average Bonchev–Trinajstić information content (AvgIpc) is 3.34. The highest BCUT2D eigenvalue weighted by Crippen LogP contribution is 2.31. The Labute approximate surface area is 198 Å². The van der Waals surface area contributed by atoms with Crippen molar-refractivity contribution in [3.05, 3.63) is 70.2 Å². The van der Waals surface area contributed by atoms with E-state index < -0.39 is 0 Å². The number of aromatic nitrogens is 1. The van der Waals surface area contributed by atoms with Crippen LogP contribution < -0.4 is 5.32 Å². The Morgan fingerprint density at radius 2 is 1.85 bits per heavy atom. The van der Waals surface area contributed by atoms with E-state index in [9.17, 15) is 9.59 Å². The van der Waals surface area contributed by atoms with E-state index in [0.29, 0.717) is 25.2 Å². The number of carbonyl (C=O) groups is 2. The molecule has 1 aromatic heterocycles. The first-order valence-corrected chi connectivity index (χ1v) is 12.1. The Morgan fingerprint density at radius 3 is 2.58 bits per heavy atom. The molecule has 0 saturated carbocycles. The maximum atomic E-state index is 13.0. The number of carbonyl (C=O) groups excluding carboxylic acids is 2. The van der Waals surface area contributed by atoms with Gasteiger partial charge in [-0.15, -0.1) is 11.3 Å². The number of nitrogens with one attached hydrogen (secondary N) is 1. The molecule has 4 rings (SSSR count). The van der Waals surface area contributed by atoms with Crippen LogP contribution in [0.3, 0.4) is 0 Å². The number of rotatable bonds is 4. The molecule has 1 N–H and O–H groups in total. The number of nitrogens with zero attached hydrogens (tertiary/aromatic N) is 2. The number of amides is 2. The van der Waals surface area contributed by atoms with Gasteiger partial charge in [0.05, 0.1) is 5.01 Å². The molecule has 0 unspecified atom stereocenters. The van der Waals surface area contributed by atoms with E-state index in [1.807, 2.05) is 41.5 Å². The first-order valence-electron chi connectivity index (χ1n) is 11.3. The number of aryl methyl sites for hydroxylation is 1. The predicted molar refractivity (Wildman–Crippen MR) is 133 cm³/mol. The fourth-order valence-corrected chi connectivity index (χ4v) is 4.89. The number of para-hydroxylation sites is 1. The molecule has 5 nitrogen and oxygen atoms in total. The molecular weight excluding hydrogens is 430 g/mol. The summed E-state index contributed by atoms with van der Waals surface area (Å²) in [6.45, 7) is 5.34. The molecule has 0 aliphatic carbocycles. The molecule has 168 valence electrons. The van der Waals surface area contributed by atoms with Crippen molar-refractivity contribution in [1.29, 1.82) is 0 Å². The van der Waals surface area contributed by atoms with Crippen LogP contribution in [0.4, 0.5) is 5.69 Å². The van der Waals surface area contributed by atoms with Gasteiger partial charge < -0.3 is 10.2 Å². The third kappa shape index (κ3) is 5.50. The number of piperidine rings is 1. The van der Waals surface area contributed by atoms with E-state index in [4.69, 9.17) is 0 Å². The van der Waals surface area contributed by atoms with Crippen molar-refractivity contribution in [2.45, 2.75) is 39.0 Å². The molecule has 2 aromatic carbocycles. The molecule has 0 radical (unpaired) electrons. The monoisotopic (exact) mass is 457 g/mol. The van der Waals surface area contributed by atoms with E-state index in [1.165, 1.54) is 16.9 Å². The lowest BCUT2D eigenvalue weighted by atomic mass is 9.97. The summed E-state index contributed by atoms with van der Waals surface area (Å²) in [6, 6.07) is 16.1. The van der Waals surface area contributed by atoms with E-state index in [2.05, 4.69) is 53.3 Å². The number of likely N-dealkylation sites (tertiary alicyclic amines) is 1. The van der Waals surface area contributed by atoms with Gasteiger partial charge in [0.2, 0.25) is 0 Å². The van der Waals surface area contributed by atoms with Crippen LogP contribution in [0.5, 0.6) is 0 Å². The standard InChI is InChI=1S/C27H27N3O2S/c1-3-4-9-25(31)30-16-14-21(15-17-30)27-29-24(18-33-27)26(32)28-23-8-6-5-7-22(23)20-12-10-19(2)11-13-20/h5-8,10-13,18,21H,3,14-17H2,1-2H3,(H,28,32). The summed E-state index contributed by atoms with van der Waals surface area (Å²) in [6.07, 6.45) is 2.36. The number of benzene rings is 2. The molecule has 1 saturated heterocycles. The van der Waals surface area contributed by atoms with Crippen molar-refractivity contribution in [1.82, 2.24) is 9.88 Å². The Kier molecular flexibility index (Phi) is 7.21. The molecule has 1 aliphatic rings. The summed E-state index contributed by atoms with van der Waals surface area (Å²) in [5.41, 5.74) is 4.42. The fraction of sp³-hybridized carbons (Fsp3) is 0.296. The van der Waals surface area contributed by atoms with Gasteiger partial charge in [-0.25, -0.2) is 4.98 Å². The van der Waals surface area contributed by atoms with Gasteiger partial charge >= 0.3 is 0 Å². The second kappa shape index (κ2) is 10.5. The summed E-state index contributed by atoms with van der Waals surface area (Å²) >= 11 is 1.52. The molecule has 0 atom stereocenters. The van der Waals surface area contributed by atoms with E-state index in [1.54, 1.807) is 0 Å². The van der Waals surface area contributed by atoms with Crippen molar-refractivity contribution in [3.63, 3.8) is 0 Å². The molecule has 6 heteroatoms. The highest BCUT2D eigenvalue weighted by molar-refractivity contribution is 7.10. The zero-order valence-corrected chi connectivity index (χ0v) is 19.7. The molecule has 1 aliphatic heterocycles. The van der Waals surface area contributed by atoms with Gasteiger partial charge in [-0.2, -0.15) is 0 Å². The van der Waals surface area contributed by atoms with Gasteiger partial charge in [0.15, 0.2) is 0 Å². The van der Waals surface area contributed by atoms with Gasteiger partial charge in [0.25, 0.3) is 11.8 Å². The van der Waals surface area contributed by atoms with Gasteiger partial charge in [0, 0.05) is 42.1 Å². The lowest BCUT2D eigenvalue weighted by Crippen LogP contribution is -2.37. The van der Waals surface area contributed by atoms with Gasteiger partial charge in [-0.1, -0.05) is 60.9 Å². The van der Waals surface area contributed by atoms with Crippen molar-refractivity contribution in [2.24, 2.45) is 0 Å². The van der Waals surface area contributed by atoms with Crippen LogP contribution in [0.2, 0.25) is 0 Å². The topological polar surface area (TPSA) is 62.3 Å². The first kappa shape index (κ1) is 22.8. The van der Waals surface area contributed by atoms with E-state index in [-0.39, 0.29) is 17.7 Å². The molecule has 0 spiro atoms. The third-order valence-electron chi connectivity index (χ3n) is 5.80. The van der Waals surface area contributed by atoms with Crippen LogP contribution >= 0.6 is 11.3 Å². The SMILES string of the molecule is CCC#CC(=O)N1CCC(c2nc(C(=O)Nc3ccccc3-c3ccc(C)cc3)cs2)CC1. The second-order valence-electron chi connectivity index (χ2n) is 8.16. The lowest BCUT2D eigenvalue weighted by molar-refractivity contribution is -0.126. The number of hydrogen-bond donors (Lipinski definition) is 1. The molecule has 3 aromatic rings. The first-order chi connectivity index (χ1) is 16.0. The molecule has 2 amide bonds. The quantitative estimate of drug-likeness (QED) is 0.527. The second-order valence-corrected chi connectivity index (χ2v) is 9.05. The number of anilines is 1. The predicted octanol–water partition coefficient (Wildman–Crippen LogP) is 5.49. The fourth-order valence-electron chi connectivity index (χ4n) is 3.92.